The minimum atomic E-state index is -0.148. The van der Waals surface area contributed by atoms with Crippen LogP contribution in [0.25, 0.3) is 0 Å². The van der Waals surface area contributed by atoms with E-state index in [-0.39, 0.29) is 11.8 Å². The second kappa shape index (κ2) is 4.67. The summed E-state index contributed by atoms with van der Waals surface area (Å²) < 4.78 is 0. The van der Waals surface area contributed by atoms with E-state index >= 15 is 0 Å². The summed E-state index contributed by atoms with van der Waals surface area (Å²) in [5.41, 5.74) is 6.54. The largest absolute Gasteiger partial charge is 0.375 e. The van der Waals surface area contributed by atoms with Crippen molar-refractivity contribution in [2.75, 3.05) is 11.1 Å². The molecule has 98 valence electrons. The number of carbonyl (C=O) groups is 1. The van der Waals surface area contributed by atoms with E-state index in [1.807, 2.05) is 12.1 Å². The molecular weight excluding hydrogens is 305 g/mol. The van der Waals surface area contributed by atoms with Gasteiger partial charge in [0.2, 0.25) is 5.91 Å². The summed E-state index contributed by atoms with van der Waals surface area (Å²) in [5, 5.41) is 4.10. The maximum absolute atomic E-state index is 11.8. The van der Waals surface area contributed by atoms with Crippen molar-refractivity contribution >= 4 is 51.4 Å². The number of nitrogens with two attached hydrogens (primary N) is 1. The molecule has 1 atom stereocenters. The number of amides is 1. The first-order chi connectivity index (χ1) is 9.06. The zero-order valence-electron chi connectivity index (χ0n) is 9.61. The molecule has 4 nitrogen and oxygen atoms in total. The van der Waals surface area contributed by atoms with E-state index in [1.54, 1.807) is 6.07 Å². The van der Waals surface area contributed by atoms with Gasteiger partial charge in [-0.3, -0.25) is 4.79 Å². The Kier molecular flexibility index (Phi) is 3.12. The van der Waals surface area contributed by atoms with Crippen molar-refractivity contribution in [1.29, 1.82) is 0 Å². The lowest BCUT2D eigenvalue weighted by Gasteiger charge is -2.22. The first-order valence-electron chi connectivity index (χ1n) is 5.56. The number of carbonyl (C=O) groups excluding carboxylic acids is 1. The summed E-state index contributed by atoms with van der Waals surface area (Å²) in [4.78, 5) is 16.8. The highest BCUT2D eigenvalue weighted by molar-refractivity contribution is 7.16. The predicted octanol–water partition coefficient (Wildman–Crippen LogP) is 3.51. The van der Waals surface area contributed by atoms with Gasteiger partial charge in [-0.05, 0) is 11.6 Å². The Morgan fingerprint density at radius 1 is 1.42 bits per heavy atom. The van der Waals surface area contributed by atoms with E-state index < -0.39 is 0 Å². The number of rotatable bonds is 1. The molecule has 2 heterocycles. The maximum Gasteiger partial charge on any atom is 0.226 e. The summed E-state index contributed by atoms with van der Waals surface area (Å²) in [7, 11) is 0. The number of hydrogen-bond donors (Lipinski definition) is 2. The molecule has 7 heteroatoms. The van der Waals surface area contributed by atoms with E-state index in [0.29, 0.717) is 27.4 Å². The van der Waals surface area contributed by atoms with Crippen LogP contribution in [-0.4, -0.2) is 10.9 Å². The van der Waals surface area contributed by atoms with Gasteiger partial charge >= 0.3 is 0 Å². The zero-order valence-corrected chi connectivity index (χ0v) is 11.9. The van der Waals surface area contributed by atoms with Gasteiger partial charge in [0, 0.05) is 12.3 Å². The Hall–Kier alpha value is -1.30. The van der Waals surface area contributed by atoms with Crippen LogP contribution in [0.4, 0.5) is 10.9 Å². The number of fused-ring (bicyclic) bond motifs is 1. The fourth-order valence-electron chi connectivity index (χ4n) is 2.18. The molecule has 0 radical (unpaired) electrons. The van der Waals surface area contributed by atoms with Crippen molar-refractivity contribution in [3.8, 4) is 0 Å². The molecule has 0 aliphatic carbocycles. The van der Waals surface area contributed by atoms with E-state index in [4.69, 9.17) is 28.9 Å². The van der Waals surface area contributed by atoms with Crippen molar-refractivity contribution < 1.29 is 4.79 Å². The second-order valence-corrected chi connectivity index (χ2v) is 6.06. The second-order valence-electron chi connectivity index (χ2n) is 4.21. The topological polar surface area (TPSA) is 68.0 Å². The molecule has 1 aliphatic rings. The zero-order chi connectivity index (χ0) is 13.6. The average molecular weight is 314 g/mol. The molecule has 1 aromatic heterocycles. The third kappa shape index (κ3) is 2.18. The fourth-order valence-corrected chi connectivity index (χ4v) is 3.52. The first-order valence-corrected chi connectivity index (χ1v) is 7.13. The molecule has 0 fully saturated rings. The Morgan fingerprint density at radius 3 is 3.00 bits per heavy atom. The van der Waals surface area contributed by atoms with Crippen LogP contribution in [0.1, 0.15) is 22.8 Å². The summed E-state index contributed by atoms with van der Waals surface area (Å²) in [6, 6.07) is 5.41. The Labute approximate surface area is 123 Å². The maximum atomic E-state index is 11.8. The molecule has 0 spiro atoms. The van der Waals surface area contributed by atoms with Crippen LogP contribution < -0.4 is 11.1 Å². The molecule has 2 aromatic rings. The molecular formula is C12H9Cl2N3OS. The first kappa shape index (κ1) is 12.7. The summed E-state index contributed by atoms with van der Waals surface area (Å²) in [5.74, 6) is 0.281. The van der Waals surface area contributed by atoms with Gasteiger partial charge in [0.1, 0.15) is 5.82 Å². The number of hydrogen-bond acceptors (Lipinski definition) is 4. The molecule has 19 heavy (non-hydrogen) atoms. The lowest BCUT2D eigenvalue weighted by Crippen LogP contribution is -2.22. The van der Waals surface area contributed by atoms with Crippen molar-refractivity contribution in [2.24, 2.45) is 0 Å². The normalized spacial score (nSPS) is 18.0. The molecule has 3 N–H and O–H groups in total. The number of aromatic nitrogens is 1. The van der Waals surface area contributed by atoms with Gasteiger partial charge in [0.15, 0.2) is 5.13 Å². The van der Waals surface area contributed by atoms with Crippen LogP contribution >= 0.6 is 34.5 Å². The summed E-state index contributed by atoms with van der Waals surface area (Å²) in [6.07, 6.45) is 0.314. The average Bonchev–Trinajstić information content (AvgIpc) is 2.72. The predicted molar refractivity (Wildman–Crippen MR) is 78.1 cm³/mol. The fraction of sp³-hybridized carbons (Fsp3) is 0.167. The molecule has 1 aromatic carbocycles. The molecule has 0 bridgehead atoms. The van der Waals surface area contributed by atoms with Crippen molar-refractivity contribution in [3.63, 3.8) is 0 Å². The smallest absolute Gasteiger partial charge is 0.226 e. The van der Waals surface area contributed by atoms with Gasteiger partial charge in [0.05, 0.1) is 14.9 Å². The third-order valence-corrected chi connectivity index (χ3v) is 4.82. The lowest BCUT2D eigenvalue weighted by atomic mass is 9.91. The van der Waals surface area contributed by atoms with Crippen molar-refractivity contribution in [1.82, 2.24) is 4.98 Å². The van der Waals surface area contributed by atoms with Crippen LogP contribution in [-0.2, 0) is 4.79 Å². The van der Waals surface area contributed by atoms with E-state index in [1.165, 1.54) is 11.3 Å². The third-order valence-electron chi connectivity index (χ3n) is 2.99. The highest BCUT2D eigenvalue weighted by Gasteiger charge is 2.31. The van der Waals surface area contributed by atoms with Gasteiger partial charge in [-0.2, -0.15) is 0 Å². The van der Waals surface area contributed by atoms with Crippen LogP contribution in [0, 0.1) is 0 Å². The minimum Gasteiger partial charge on any atom is -0.375 e. The Bertz CT molecular complexity index is 671. The summed E-state index contributed by atoms with van der Waals surface area (Å²) in [6.45, 7) is 0. The minimum absolute atomic E-state index is 0.0983. The number of halogens is 2. The van der Waals surface area contributed by atoms with Crippen LogP contribution in [0.2, 0.25) is 10.0 Å². The van der Waals surface area contributed by atoms with Gasteiger partial charge in [0.25, 0.3) is 0 Å². The molecule has 0 unspecified atom stereocenters. The number of nitrogens with zero attached hydrogens (tertiary/aromatic N) is 1. The number of thiazole rings is 1. The number of nitrogens with one attached hydrogen (secondary N) is 1. The van der Waals surface area contributed by atoms with Crippen molar-refractivity contribution in [3.05, 3.63) is 38.7 Å². The molecule has 0 saturated heterocycles. The summed E-state index contributed by atoms with van der Waals surface area (Å²) >= 11 is 13.6. The Morgan fingerprint density at radius 2 is 2.21 bits per heavy atom. The lowest BCUT2D eigenvalue weighted by molar-refractivity contribution is -0.116. The van der Waals surface area contributed by atoms with Crippen molar-refractivity contribution in [2.45, 2.75) is 12.3 Å². The molecule has 0 saturated carbocycles. The van der Waals surface area contributed by atoms with Gasteiger partial charge in [-0.15, -0.1) is 0 Å². The quantitative estimate of drug-likeness (QED) is 0.846. The van der Waals surface area contributed by atoms with E-state index in [9.17, 15) is 4.79 Å². The number of nitrogen functional groups attached to an aromatic ring is 1. The van der Waals surface area contributed by atoms with Crippen LogP contribution in [0.15, 0.2) is 18.2 Å². The Balaban J connectivity index is 2.15. The highest BCUT2D eigenvalue weighted by Crippen LogP contribution is 2.44. The SMILES string of the molecule is Nc1nc2c(s1)[C@H](c1cccc(Cl)c1Cl)CC(=O)N2. The highest BCUT2D eigenvalue weighted by atomic mass is 35.5. The van der Waals surface area contributed by atoms with Crippen LogP contribution in [0.5, 0.6) is 0 Å². The molecule has 1 amide bonds. The van der Waals surface area contributed by atoms with E-state index in [2.05, 4.69) is 10.3 Å². The monoisotopic (exact) mass is 313 g/mol. The van der Waals surface area contributed by atoms with Gasteiger partial charge in [-0.1, -0.05) is 46.7 Å². The molecule has 1 aliphatic heterocycles. The van der Waals surface area contributed by atoms with Crippen LogP contribution in [0.3, 0.4) is 0 Å². The standard InChI is InChI=1S/C12H9Cl2N3OS/c13-7-3-1-2-5(9(7)14)6-4-8(18)16-11-10(6)19-12(15)17-11/h1-3,6H,4H2,(H2,15,17)(H,16,18)/t6-/m0/s1. The van der Waals surface area contributed by atoms with Gasteiger partial charge < -0.3 is 11.1 Å². The molecule has 3 rings (SSSR count). The van der Waals surface area contributed by atoms with Gasteiger partial charge in [-0.25, -0.2) is 4.98 Å². The van der Waals surface area contributed by atoms with E-state index in [0.717, 1.165) is 10.4 Å². The number of anilines is 2. The number of benzene rings is 1.